The average Bonchev–Trinajstić information content (AvgIpc) is 2.65. The smallest absolute Gasteiger partial charge is 0.306 e. The van der Waals surface area contributed by atoms with Gasteiger partial charge in [0.15, 0.2) is 0 Å². The summed E-state index contributed by atoms with van der Waals surface area (Å²) >= 11 is 0. The summed E-state index contributed by atoms with van der Waals surface area (Å²) in [6.45, 7) is 4.55. The van der Waals surface area contributed by atoms with Gasteiger partial charge in [0.2, 0.25) is 0 Å². The van der Waals surface area contributed by atoms with Gasteiger partial charge in [0.1, 0.15) is 6.10 Å². The number of esters is 1. The Kier molecular flexibility index (Phi) is 7.88. The Balaban J connectivity index is 1.42. The van der Waals surface area contributed by atoms with Gasteiger partial charge < -0.3 is 4.74 Å². The molecule has 3 saturated carbocycles. The fourth-order valence-corrected chi connectivity index (χ4v) is 6.57. The van der Waals surface area contributed by atoms with Crippen LogP contribution in [0.15, 0.2) is 0 Å². The fraction of sp³-hybridized carbons (Fsp3) is 0.958. The van der Waals surface area contributed by atoms with Crippen LogP contribution in [-0.2, 0) is 9.53 Å². The lowest BCUT2D eigenvalue weighted by Crippen LogP contribution is -2.43. The van der Waals surface area contributed by atoms with Gasteiger partial charge in [0.05, 0.1) is 0 Å². The molecular formula is C24H42O2. The molecule has 0 aromatic carbocycles. The monoisotopic (exact) mass is 362 g/mol. The van der Waals surface area contributed by atoms with E-state index in [0.29, 0.717) is 6.42 Å². The summed E-state index contributed by atoms with van der Waals surface area (Å²) in [5, 5.41) is 0. The predicted octanol–water partition coefficient (Wildman–Crippen LogP) is 6.91. The Morgan fingerprint density at radius 3 is 2.27 bits per heavy atom. The highest BCUT2D eigenvalue weighted by molar-refractivity contribution is 5.69. The molecule has 3 fully saturated rings. The molecule has 3 aliphatic rings. The van der Waals surface area contributed by atoms with Crippen molar-refractivity contribution in [2.75, 3.05) is 0 Å². The second-order valence-corrected chi connectivity index (χ2v) is 9.63. The van der Waals surface area contributed by atoms with Crippen molar-refractivity contribution in [1.82, 2.24) is 0 Å². The van der Waals surface area contributed by atoms with Crippen LogP contribution in [0.4, 0.5) is 0 Å². The van der Waals surface area contributed by atoms with Crippen LogP contribution in [0.3, 0.4) is 0 Å². The van der Waals surface area contributed by atoms with Crippen LogP contribution < -0.4 is 0 Å². The van der Waals surface area contributed by atoms with Gasteiger partial charge in [-0.3, -0.25) is 4.79 Å². The number of carbonyl (C=O) groups is 1. The highest BCUT2D eigenvalue weighted by atomic mass is 16.5. The van der Waals surface area contributed by atoms with Gasteiger partial charge in [0.25, 0.3) is 0 Å². The standard InChI is InChI=1S/C24H42O2/c1-3-5-6-7-9-24(25)26-21-13-15-23-20(17-21)12-11-19-16-18(8-4-2)10-14-22(19)23/h18-23H,3-17H2,1-2H3/t18-,19?,20?,21-,22?,23?/m1/s1. The van der Waals surface area contributed by atoms with Crippen LogP contribution in [-0.4, -0.2) is 12.1 Å². The molecule has 0 heterocycles. The minimum Gasteiger partial charge on any atom is -0.462 e. The minimum atomic E-state index is 0.0679. The van der Waals surface area contributed by atoms with Gasteiger partial charge in [-0.1, -0.05) is 52.4 Å². The maximum atomic E-state index is 12.1. The third kappa shape index (κ3) is 5.26. The highest BCUT2D eigenvalue weighted by Gasteiger charge is 2.44. The Morgan fingerprint density at radius 1 is 0.808 bits per heavy atom. The first-order valence-corrected chi connectivity index (χ1v) is 11.9. The molecule has 4 unspecified atom stereocenters. The van der Waals surface area contributed by atoms with Crippen LogP contribution in [0, 0.1) is 29.6 Å². The number of hydrogen-bond donors (Lipinski definition) is 0. The Labute approximate surface area is 161 Å². The molecule has 3 rings (SSSR count). The number of unbranched alkanes of at least 4 members (excludes halogenated alkanes) is 3. The van der Waals surface area contributed by atoms with E-state index >= 15 is 0 Å². The van der Waals surface area contributed by atoms with Crippen molar-refractivity contribution in [3.63, 3.8) is 0 Å². The zero-order chi connectivity index (χ0) is 18.4. The maximum absolute atomic E-state index is 12.1. The lowest BCUT2D eigenvalue weighted by atomic mass is 9.56. The lowest BCUT2D eigenvalue weighted by Gasteiger charge is -2.50. The number of rotatable bonds is 8. The molecule has 150 valence electrons. The Bertz CT molecular complexity index is 432. The van der Waals surface area contributed by atoms with Crippen LogP contribution in [0.5, 0.6) is 0 Å². The molecule has 0 radical (unpaired) electrons. The first-order chi connectivity index (χ1) is 12.7. The van der Waals surface area contributed by atoms with Crippen LogP contribution >= 0.6 is 0 Å². The second kappa shape index (κ2) is 10.1. The van der Waals surface area contributed by atoms with Crippen LogP contribution in [0.1, 0.15) is 110 Å². The van der Waals surface area contributed by atoms with Crippen molar-refractivity contribution in [1.29, 1.82) is 0 Å². The van der Waals surface area contributed by atoms with Gasteiger partial charge in [-0.2, -0.15) is 0 Å². The van der Waals surface area contributed by atoms with Gasteiger partial charge in [-0.25, -0.2) is 0 Å². The van der Waals surface area contributed by atoms with E-state index in [9.17, 15) is 4.79 Å². The largest absolute Gasteiger partial charge is 0.462 e. The topological polar surface area (TPSA) is 26.3 Å². The van der Waals surface area contributed by atoms with Crippen LogP contribution in [0.25, 0.3) is 0 Å². The van der Waals surface area contributed by atoms with E-state index in [4.69, 9.17) is 4.74 Å². The van der Waals surface area contributed by atoms with E-state index in [2.05, 4.69) is 13.8 Å². The molecule has 0 bridgehead atoms. The summed E-state index contributed by atoms with van der Waals surface area (Å²) in [7, 11) is 0. The molecule has 0 aliphatic heterocycles. The fourth-order valence-electron chi connectivity index (χ4n) is 6.57. The van der Waals surface area contributed by atoms with E-state index < -0.39 is 0 Å². The summed E-state index contributed by atoms with van der Waals surface area (Å²) in [5.74, 6) is 4.87. The van der Waals surface area contributed by atoms with E-state index in [1.165, 1.54) is 70.6 Å². The van der Waals surface area contributed by atoms with E-state index in [0.717, 1.165) is 48.9 Å². The molecule has 0 aromatic rings. The first kappa shape index (κ1) is 20.2. The summed E-state index contributed by atoms with van der Waals surface area (Å²) in [6.07, 6.45) is 19.2. The molecule has 0 aromatic heterocycles. The zero-order valence-corrected chi connectivity index (χ0v) is 17.4. The van der Waals surface area contributed by atoms with E-state index in [-0.39, 0.29) is 12.1 Å². The molecule has 6 atom stereocenters. The number of carbonyl (C=O) groups excluding carboxylic acids is 1. The van der Waals surface area contributed by atoms with Crippen LogP contribution in [0.2, 0.25) is 0 Å². The summed E-state index contributed by atoms with van der Waals surface area (Å²) < 4.78 is 5.87. The van der Waals surface area contributed by atoms with Crippen molar-refractivity contribution >= 4 is 5.97 Å². The quantitative estimate of drug-likeness (QED) is 0.346. The summed E-state index contributed by atoms with van der Waals surface area (Å²) in [4.78, 5) is 12.1. The Hall–Kier alpha value is -0.530. The van der Waals surface area contributed by atoms with E-state index in [1.807, 2.05) is 0 Å². The SMILES string of the molecule is CCCCCCC(=O)O[C@@H]1CCC2C(CCC3C[C@H](CCC)CCC32)C1. The predicted molar refractivity (Wildman–Crippen MR) is 108 cm³/mol. The number of fused-ring (bicyclic) bond motifs is 3. The number of hydrogen-bond acceptors (Lipinski definition) is 2. The summed E-state index contributed by atoms with van der Waals surface area (Å²) in [6, 6.07) is 0. The van der Waals surface area contributed by atoms with Gasteiger partial charge in [-0.05, 0) is 81.0 Å². The normalized spacial score (nSPS) is 36.8. The van der Waals surface area contributed by atoms with Gasteiger partial charge in [-0.15, -0.1) is 0 Å². The third-order valence-corrected chi connectivity index (χ3v) is 7.83. The zero-order valence-electron chi connectivity index (χ0n) is 17.4. The molecule has 0 amide bonds. The molecule has 0 saturated heterocycles. The molecular weight excluding hydrogens is 320 g/mol. The summed E-state index contributed by atoms with van der Waals surface area (Å²) in [5.41, 5.74) is 0. The van der Waals surface area contributed by atoms with Crippen molar-refractivity contribution < 1.29 is 9.53 Å². The molecule has 2 heteroatoms. The molecule has 2 nitrogen and oxygen atoms in total. The number of ether oxygens (including phenoxy) is 1. The third-order valence-electron chi connectivity index (χ3n) is 7.83. The van der Waals surface area contributed by atoms with Crippen molar-refractivity contribution in [3.05, 3.63) is 0 Å². The molecule has 3 aliphatic carbocycles. The highest BCUT2D eigenvalue weighted by Crippen LogP contribution is 2.53. The minimum absolute atomic E-state index is 0.0679. The first-order valence-electron chi connectivity index (χ1n) is 11.9. The Morgan fingerprint density at radius 2 is 1.54 bits per heavy atom. The lowest BCUT2D eigenvalue weighted by molar-refractivity contribution is -0.153. The molecule has 0 spiro atoms. The maximum Gasteiger partial charge on any atom is 0.306 e. The van der Waals surface area contributed by atoms with E-state index in [1.54, 1.807) is 0 Å². The second-order valence-electron chi connectivity index (χ2n) is 9.63. The molecule has 26 heavy (non-hydrogen) atoms. The molecule has 0 N–H and O–H groups in total. The van der Waals surface area contributed by atoms with Gasteiger partial charge >= 0.3 is 5.97 Å². The van der Waals surface area contributed by atoms with Gasteiger partial charge in [0, 0.05) is 6.42 Å². The average molecular weight is 363 g/mol. The van der Waals surface area contributed by atoms with Crippen molar-refractivity contribution in [2.45, 2.75) is 116 Å². The van der Waals surface area contributed by atoms with Crippen molar-refractivity contribution in [2.24, 2.45) is 29.6 Å². The van der Waals surface area contributed by atoms with Crippen molar-refractivity contribution in [3.8, 4) is 0 Å².